The highest BCUT2D eigenvalue weighted by Crippen LogP contribution is 2.19. The molecule has 0 aliphatic carbocycles. The molecule has 0 spiro atoms. The van der Waals surface area contributed by atoms with Crippen molar-refractivity contribution in [2.75, 3.05) is 30.1 Å². The van der Waals surface area contributed by atoms with Gasteiger partial charge in [0, 0.05) is 18.9 Å². The van der Waals surface area contributed by atoms with Crippen LogP contribution in [0.15, 0.2) is 24.5 Å². The molecular weight excluding hydrogens is 308 g/mol. The largest absolute Gasteiger partial charge is 0.354 e. The molecule has 1 aliphatic heterocycles. The molecule has 0 radical (unpaired) electrons. The minimum atomic E-state index is -2.88. The van der Waals surface area contributed by atoms with E-state index in [1.54, 1.807) is 11.8 Å². The van der Waals surface area contributed by atoms with Gasteiger partial charge in [0.15, 0.2) is 9.84 Å². The summed E-state index contributed by atoms with van der Waals surface area (Å²) in [5.41, 5.74) is 0. The third-order valence-corrected chi connectivity index (χ3v) is 6.26. The molecule has 5 nitrogen and oxygen atoms in total. The second-order valence-electron chi connectivity index (χ2n) is 5.44. The third kappa shape index (κ3) is 4.78. The van der Waals surface area contributed by atoms with E-state index in [0.717, 1.165) is 12.2 Å². The summed E-state index contributed by atoms with van der Waals surface area (Å²) in [5, 5.41) is 2.93. The van der Waals surface area contributed by atoms with Crippen LogP contribution in [0.25, 0.3) is 0 Å². The molecule has 7 heteroatoms. The summed E-state index contributed by atoms with van der Waals surface area (Å²) < 4.78 is 24.8. The zero-order valence-electron chi connectivity index (χ0n) is 12.2. The molecule has 0 bridgehead atoms. The zero-order chi connectivity index (χ0) is 15.3. The van der Waals surface area contributed by atoms with E-state index in [0.29, 0.717) is 13.0 Å². The standard InChI is InChI=1S/C14H22N2O3S2/c1-20-8-4-13(16-6-2-3-7-16)14(17)15-10-12-5-9-21(18,19)11-12/h2-3,6-7,12-13H,4-5,8-11H2,1H3,(H,15,17)/t12-,13-/m1/s1. The van der Waals surface area contributed by atoms with Gasteiger partial charge < -0.3 is 9.88 Å². The quantitative estimate of drug-likeness (QED) is 0.819. The van der Waals surface area contributed by atoms with Crippen molar-refractivity contribution in [3.05, 3.63) is 24.5 Å². The first kappa shape index (κ1) is 16.4. The van der Waals surface area contributed by atoms with E-state index in [4.69, 9.17) is 0 Å². The smallest absolute Gasteiger partial charge is 0.243 e. The summed E-state index contributed by atoms with van der Waals surface area (Å²) in [4.78, 5) is 12.4. The van der Waals surface area contributed by atoms with Gasteiger partial charge in [-0.25, -0.2) is 8.42 Å². The van der Waals surface area contributed by atoms with Gasteiger partial charge in [0.2, 0.25) is 5.91 Å². The number of thioether (sulfide) groups is 1. The first-order chi connectivity index (χ1) is 10.0. The number of amides is 1. The Balaban J connectivity index is 1.90. The molecule has 1 aliphatic rings. The van der Waals surface area contributed by atoms with Gasteiger partial charge >= 0.3 is 0 Å². The molecular formula is C14H22N2O3S2. The fraction of sp³-hybridized carbons (Fsp3) is 0.643. The van der Waals surface area contributed by atoms with Crippen LogP contribution in [0.3, 0.4) is 0 Å². The van der Waals surface area contributed by atoms with Crippen molar-refractivity contribution >= 4 is 27.5 Å². The number of nitrogens with zero attached hydrogens (tertiary/aromatic N) is 1. The molecule has 2 heterocycles. The van der Waals surface area contributed by atoms with Gasteiger partial charge in [-0.15, -0.1) is 0 Å². The predicted molar refractivity (Wildman–Crippen MR) is 86.2 cm³/mol. The number of sulfone groups is 1. The van der Waals surface area contributed by atoms with Gasteiger partial charge in [0.05, 0.1) is 11.5 Å². The van der Waals surface area contributed by atoms with E-state index in [9.17, 15) is 13.2 Å². The average Bonchev–Trinajstić information content (AvgIpc) is 3.06. The van der Waals surface area contributed by atoms with Crippen molar-refractivity contribution in [2.45, 2.75) is 18.9 Å². The van der Waals surface area contributed by atoms with Crippen LogP contribution in [0, 0.1) is 5.92 Å². The highest BCUT2D eigenvalue weighted by molar-refractivity contribution is 7.98. The molecule has 1 fully saturated rings. The SMILES string of the molecule is CSCC[C@H](C(=O)NC[C@H]1CCS(=O)(=O)C1)n1cccc1. The summed E-state index contributed by atoms with van der Waals surface area (Å²) in [5.74, 6) is 1.40. The summed E-state index contributed by atoms with van der Waals surface area (Å²) in [7, 11) is -2.88. The van der Waals surface area contributed by atoms with Crippen LogP contribution in [0.1, 0.15) is 18.9 Å². The van der Waals surface area contributed by atoms with Crippen LogP contribution in [-0.4, -0.2) is 49.0 Å². The molecule has 0 aromatic carbocycles. The lowest BCUT2D eigenvalue weighted by molar-refractivity contribution is -0.124. The molecule has 2 atom stereocenters. The van der Waals surface area contributed by atoms with Gasteiger partial charge in [0.1, 0.15) is 6.04 Å². The Morgan fingerprint density at radius 3 is 2.71 bits per heavy atom. The maximum absolute atomic E-state index is 12.4. The Labute approximate surface area is 130 Å². The van der Waals surface area contributed by atoms with Crippen molar-refractivity contribution in [2.24, 2.45) is 5.92 Å². The van der Waals surface area contributed by atoms with Crippen LogP contribution in [0.2, 0.25) is 0 Å². The molecule has 1 aromatic rings. The first-order valence-corrected chi connectivity index (χ1v) is 10.3. The lowest BCUT2D eigenvalue weighted by atomic mass is 10.1. The van der Waals surface area contributed by atoms with Crippen molar-refractivity contribution in [3.8, 4) is 0 Å². The fourth-order valence-electron chi connectivity index (χ4n) is 2.60. The van der Waals surface area contributed by atoms with E-state index in [1.165, 1.54) is 0 Å². The van der Waals surface area contributed by atoms with E-state index < -0.39 is 9.84 Å². The maximum atomic E-state index is 12.4. The van der Waals surface area contributed by atoms with Gasteiger partial charge in [-0.3, -0.25) is 4.79 Å². The minimum absolute atomic E-state index is 0.0236. The number of carbonyl (C=O) groups is 1. The lowest BCUT2D eigenvalue weighted by Gasteiger charge is -2.19. The third-order valence-electron chi connectivity index (χ3n) is 3.78. The second-order valence-corrected chi connectivity index (χ2v) is 8.66. The van der Waals surface area contributed by atoms with Crippen LogP contribution in [-0.2, 0) is 14.6 Å². The number of hydrogen-bond acceptors (Lipinski definition) is 4. The number of carbonyl (C=O) groups excluding carboxylic acids is 1. The fourth-order valence-corrected chi connectivity index (χ4v) is 4.92. The van der Waals surface area contributed by atoms with Gasteiger partial charge in [-0.1, -0.05) is 0 Å². The minimum Gasteiger partial charge on any atom is -0.354 e. The Kier molecular flexibility index (Phi) is 5.75. The van der Waals surface area contributed by atoms with Crippen LogP contribution >= 0.6 is 11.8 Å². The highest BCUT2D eigenvalue weighted by Gasteiger charge is 2.29. The molecule has 118 valence electrons. The molecule has 1 amide bonds. The Bertz CT molecular complexity index is 555. The monoisotopic (exact) mass is 330 g/mol. The molecule has 1 N–H and O–H groups in total. The molecule has 1 aromatic heterocycles. The van der Waals surface area contributed by atoms with Gasteiger partial charge in [-0.2, -0.15) is 11.8 Å². The molecule has 0 saturated carbocycles. The first-order valence-electron chi connectivity index (χ1n) is 7.11. The molecule has 2 rings (SSSR count). The molecule has 21 heavy (non-hydrogen) atoms. The van der Waals surface area contributed by atoms with Crippen molar-refractivity contribution in [3.63, 3.8) is 0 Å². The normalized spacial score (nSPS) is 22.0. The topological polar surface area (TPSA) is 68.2 Å². The molecule has 0 unspecified atom stereocenters. The summed E-state index contributed by atoms with van der Waals surface area (Å²) in [6, 6.07) is 3.59. The molecule has 1 saturated heterocycles. The Hall–Kier alpha value is -0.950. The van der Waals surface area contributed by atoms with E-state index in [-0.39, 0.29) is 29.4 Å². The van der Waals surface area contributed by atoms with E-state index >= 15 is 0 Å². The number of nitrogens with one attached hydrogen (secondary N) is 1. The summed E-state index contributed by atoms with van der Waals surface area (Å²) >= 11 is 1.72. The van der Waals surface area contributed by atoms with Crippen molar-refractivity contribution in [1.82, 2.24) is 9.88 Å². The number of rotatable bonds is 7. The van der Waals surface area contributed by atoms with Gasteiger partial charge in [0.25, 0.3) is 0 Å². The highest BCUT2D eigenvalue weighted by atomic mass is 32.2. The average molecular weight is 330 g/mol. The number of aromatic nitrogens is 1. The van der Waals surface area contributed by atoms with Crippen LogP contribution in [0.4, 0.5) is 0 Å². The van der Waals surface area contributed by atoms with Gasteiger partial charge in [-0.05, 0) is 42.9 Å². The van der Waals surface area contributed by atoms with E-state index in [2.05, 4.69) is 5.32 Å². The Morgan fingerprint density at radius 2 is 2.14 bits per heavy atom. The second kappa shape index (κ2) is 7.35. The predicted octanol–water partition coefficient (Wildman–Crippen LogP) is 1.33. The van der Waals surface area contributed by atoms with Crippen molar-refractivity contribution in [1.29, 1.82) is 0 Å². The van der Waals surface area contributed by atoms with Crippen molar-refractivity contribution < 1.29 is 13.2 Å². The van der Waals surface area contributed by atoms with Crippen LogP contribution < -0.4 is 5.32 Å². The Morgan fingerprint density at radius 1 is 1.43 bits per heavy atom. The zero-order valence-corrected chi connectivity index (χ0v) is 13.8. The lowest BCUT2D eigenvalue weighted by Crippen LogP contribution is -2.36. The van der Waals surface area contributed by atoms with E-state index in [1.807, 2.05) is 35.3 Å². The maximum Gasteiger partial charge on any atom is 0.243 e. The number of hydrogen-bond donors (Lipinski definition) is 1. The van der Waals surface area contributed by atoms with Crippen LogP contribution in [0.5, 0.6) is 0 Å². The summed E-state index contributed by atoms with van der Waals surface area (Å²) in [6.45, 7) is 0.453. The summed E-state index contributed by atoms with van der Waals surface area (Å²) in [6.07, 6.45) is 7.23.